The lowest BCUT2D eigenvalue weighted by atomic mass is 10.1. The number of nitrogens with zero attached hydrogens (tertiary/aromatic N) is 1. The van der Waals surface area contributed by atoms with Gasteiger partial charge < -0.3 is 9.64 Å². The van der Waals surface area contributed by atoms with Crippen molar-refractivity contribution in [1.29, 1.82) is 0 Å². The molecule has 0 N–H and O–H groups in total. The Morgan fingerprint density at radius 1 is 1.38 bits per heavy atom. The number of ketones is 1. The SMILES string of the molecule is O=C(CBr)c1cccc(N2CCOCC2)c1. The summed E-state index contributed by atoms with van der Waals surface area (Å²) >= 11 is 3.19. The second-order valence-electron chi connectivity index (χ2n) is 3.71. The van der Waals surface area contributed by atoms with Crippen LogP contribution in [-0.2, 0) is 4.74 Å². The zero-order chi connectivity index (χ0) is 11.4. The second-order valence-corrected chi connectivity index (χ2v) is 4.27. The summed E-state index contributed by atoms with van der Waals surface area (Å²) in [7, 11) is 0. The van der Waals surface area contributed by atoms with Crippen LogP contribution in [0.15, 0.2) is 24.3 Å². The summed E-state index contributed by atoms with van der Waals surface area (Å²) in [6.07, 6.45) is 0. The van der Waals surface area contributed by atoms with Gasteiger partial charge >= 0.3 is 0 Å². The van der Waals surface area contributed by atoms with Gasteiger partial charge in [-0.25, -0.2) is 0 Å². The van der Waals surface area contributed by atoms with Crippen LogP contribution in [-0.4, -0.2) is 37.4 Å². The highest BCUT2D eigenvalue weighted by Crippen LogP contribution is 2.18. The Hall–Kier alpha value is -0.870. The molecular formula is C12H14BrNO2. The number of ether oxygens (including phenoxy) is 1. The fourth-order valence-corrected chi connectivity index (χ4v) is 2.10. The van der Waals surface area contributed by atoms with Crippen molar-refractivity contribution in [1.82, 2.24) is 0 Å². The Balaban J connectivity index is 2.17. The van der Waals surface area contributed by atoms with Crippen LogP contribution in [0.25, 0.3) is 0 Å². The number of morpholine rings is 1. The first-order valence-electron chi connectivity index (χ1n) is 5.33. The number of alkyl halides is 1. The predicted octanol–water partition coefficient (Wildman–Crippen LogP) is 2.10. The first-order chi connectivity index (χ1) is 7.81. The molecule has 1 aliphatic heterocycles. The smallest absolute Gasteiger partial charge is 0.173 e. The van der Waals surface area contributed by atoms with E-state index in [1.807, 2.05) is 24.3 Å². The van der Waals surface area contributed by atoms with Crippen molar-refractivity contribution in [3.8, 4) is 0 Å². The largest absolute Gasteiger partial charge is 0.378 e. The summed E-state index contributed by atoms with van der Waals surface area (Å²) in [4.78, 5) is 13.8. The molecule has 1 heterocycles. The average molecular weight is 284 g/mol. The zero-order valence-corrected chi connectivity index (χ0v) is 10.6. The Kier molecular flexibility index (Phi) is 3.96. The molecule has 2 rings (SSSR count). The number of halogens is 1. The van der Waals surface area contributed by atoms with Crippen LogP contribution >= 0.6 is 15.9 Å². The van der Waals surface area contributed by atoms with Crippen LogP contribution in [0, 0.1) is 0 Å². The van der Waals surface area contributed by atoms with Crippen LogP contribution in [0.4, 0.5) is 5.69 Å². The standard InChI is InChI=1S/C12H14BrNO2/c13-9-12(15)10-2-1-3-11(8-10)14-4-6-16-7-5-14/h1-3,8H,4-7,9H2. The van der Waals surface area contributed by atoms with Crippen molar-refractivity contribution in [2.45, 2.75) is 0 Å². The summed E-state index contributed by atoms with van der Waals surface area (Å²) in [5.74, 6) is 0.120. The van der Waals surface area contributed by atoms with E-state index in [0.29, 0.717) is 5.33 Å². The van der Waals surface area contributed by atoms with Crippen LogP contribution in [0.5, 0.6) is 0 Å². The van der Waals surface area contributed by atoms with Crippen molar-refractivity contribution in [2.24, 2.45) is 0 Å². The highest BCUT2D eigenvalue weighted by atomic mass is 79.9. The average Bonchev–Trinajstić information content (AvgIpc) is 2.39. The predicted molar refractivity (Wildman–Crippen MR) is 67.6 cm³/mol. The number of carbonyl (C=O) groups is 1. The van der Waals surface area contributed by atoms with E-state index in [-0.39, 0.29) is 5.78 Å². The van der Waals surface area contributed by atoms with E-state index >= 15 is 0 Å². The molecule has 1 aromatic carbocycles. The summed E-state index contributed by atoms with van der Waals surface area (Å²) in [6.45, 7) is 3.31. The van der Waals surface area contributed by atoms with E-state index in [1.165, 1.54) is 0 Å². The van der Waals surface area contributed by atoms with Gasteiger partial charge in [-0.2, -0.15) is 0 Å². The van der Waals surface area contributed by atoms with Gasteiger partial charge in [0.2, 0.25) is 0 Å². The molecule has 86 valence electrons. The minimum absolute atomic E-state index is 0.120. The van der Waals surface area contributed by atoms with Crippen molar-refractivity contribution in [2.75, 3.05) is 36.5 Å². The van der Waals surface area contributed by atoms with E-state index in [4.69, 9.17) is 4.74 Å². The Bertz CT molecular complexity index is 375. The van der Waals surface area contributed by atoms with Crippen LogP contribution in [0.2, 0.25) is 0 Å². The normalized spacial score (nSPS) is 16.2. The number of rotatable bonds is 3. The van der Waals surface area contributed by atoms with Gasteiger partial charge in [0.15, 0.2) is 5.78 Å². The molecule has 3 nitrogen and oxygen atoms in total. The molecule has 4 heteroatoms. The van der Waals surface area contributed by atoms with Gasteiger partial charge in [-0.3, -0.25) is 4.79 Å². The van der Waals surface area contributed by atoms with Crippen molar-refractivity contribution < 1.29 is 9.53 Å². The van der Waals surface area contributed by atoms with E-state index in [1.54, 1.807) is 0 Å². The minimum atomic E-state index is 0.120. The molecule has 0 radical (unpaired) electrons. The summed E-state index contributed by atoms with van der Waals surface area (Å²) in [5.41, 5.74) is 1.87. The molecule has 1 aliphatic rings. The highest BCUT2D eigenvalue weighted by molar-refractivity contribution is 9.09. The number of hydrogen-bond acceptors (Lipinski definition) is 3. The first kappa shape index (κ1) is 11.6. The summed E-state index contributed by atoms with van der Waals surface area (Å²) in [6, 6.07) is 7.78. The Morgan fingerprint density at radius 2 is 2.12 bits per heavy atom. The molecule has 0 bridgehead atoms. The monoisotopic (exact) mass is 283 g/mol. The molecule has 0 spiro atoms. The van der Waals surface area contributed by atoms with E-state index < -0.39 is 0 Å². The van der Waals surface area contributed by atoms with Gasteiger partial charge in [0.1, 0.15) is 0 Å². The molecule has 0 amide bonds. The molecule has 0 saturated carbocycles. The molecule has 1 aromatic rings. The van der Waals surface area contributed by atoms with Gasteiger partial charge in [0.05, 0.1) is 18.5 Å². The zero-order valence-electron chi connectivity index (χ0n) is 8.99. The van der Waals surface area contributed by atoms with Gasteiger partial charge in [-0.15, -0.1) is 0 Å². The molecule has 0 aliphatic carbocycles. The number of hydrogen-bond donors (Lipinski definition) is 0. The van der Waals surface area contributed by atoms with E-state index in [0.717, 1.165) is 37.6 Å². The van der Waals surface area contributed by atoms with Crippen LogP contribution in [0.1, 0.15) is 10.4 Å². The molecule has 1 saturated heterocycles. The number of carbonyl (C=O) groups excluding carboxylic acids is 1. The van der Waals surface area contributed by atoms with E-state index in [2.05, 4.69) is 20.8 Å². The summed E-state index contributed by atoms with van der Waals surface area (Å²) in [5, 5.41) is 0.375. The third kappa shape index (κ3) is 2.62. The Labute approximate surface area is 104 Å². The number of benzene rings is 1. The fraction of sp³-hybridized carbons (Fsp3) is 0.417. The Morgan fingerprint density at radius 3 is 2.81 bits per heavy atom. The van der Waals surface area contributed by atoms with Crippen molar-refractivity contribution >= 4 is 27.4 Å². The lowest BCUT2D eigenvalue weighted by Gasteiger charge is -2.29. The van der Waals surface area contributed by atoms with Crippen molar-refractivity contribution in [3.63, 3.8) is 0 Å². The van der Waals surface area contributed by atoms with Crippen LogP contribution < -0.4 is 4.90 Å². The number of Topliss-reactive ketones (excluding diaryl/α,β-unsaturated/α-hetero) is 1. The molecule has 16 heavy (non-hydrogen) atoms. The number of anilines is 1. The molecule has 0 atom stereocenters. The van der Waals surface area contributed by atoms with Gasteiger partial charge in [0.25, 0.3) is 0 Å². The third-order valence-electron chi connectivity index (χ3n) is 2.67. The quantitative estimate of drug-likeness (QED) is 0.629. The molecular weight excluding hydrogens is 270 g/mol. The highest BCUT2D eigenvalue weighted by Gasteiger charge is 2.12. The van der Waals surface area contributed by atoms with Crippen molar-refractivity contribution in [3.05, 3.63) is 29.8 Å². The lowest BCUT2D eigenvalue weighted by Crippen LogP contribution is -2.36. The minimum Gasteiger partial charge on any atom is -0.378 e. The summed E-state index contributed by atoms with van der Waals surface area (Å²) < 4.78 is 5.30. The maximum atomic E-state index is 11.6. The molecule has 0 aromatic heterocycles. The van der Waals surface area contributed by atoms with E-state index in [9.17, 15) is 4.79 Å². The second kappa shape index (κ2) is 5.46. The topological polar surface area (TPSA) is 29.5 Å². The third-order valence-corrected chi connectivity index (χ3v) is 3.18. The molecule has 1 fully saturated rings. The molecule has 0 unspecified atom stereocenters. The maximum Gasteiger partial charge on any atom is 0.173 e. The van der Waals surface area contributed by atoms with Gasteiger partial charge in [-0.05, 0) is 12.1 Å². The van der Waals surface area contributed by atoms with Crippen LogP contribution in [0.3, 0.4) is 0 Å². The van der Waals surface area contributed by atoms with Gasteiger partial charge in [-0.1, -0.05) is 28.1 Å². The van der Waals surface area contributed by atoms with Gasteiger partial charge in [0, 0.05) is 24.3 Å². The maximum absolute atomic E-state index is 11.6. The lowest BCUT2D eigenvalue weighted by molar-refractivity contribution is 0.102. The first-order valence-corrected chi connectivity index (χ1v) is 6.45. The fourth-order valence-electron chi connectivity index (χ4n) is 1.77.